The second-order valence-electron chi connectivity index (χ2n) is 16.8. The van der Waals surface area contributed by atoms with Crippen molar-refractivity contribution in [3.05, 3.63) is 241 Å². The first-order valence-electron chi connectivity index (χ1n) is 22.3. The Balaban J connectivity index is 1.19. The minimum Gasteiger partial charge on any atom is -0.308 e. The molecule has 0 saturated heterocycles. The van der Waals surface area contributed by atoms with Crippen LogP contribution in [0.5, 0.6) is 0 Å². The molecule has 314 valence electrons. The van der Waals surface area contributed by atoms with Gasteiger partial charge >= 0.3 is 0 Å². The van der Waals surface area contributed by atoms with Crippen LogP contribution in [0.2, 0.25) is 0 Å². The van der Waals surface area contributed by atoms with Gasteiger partial charge in [-0.3, -0.25) is 0 Å². The topological polar surface area (TPSA) is 74.7 Å². The summed E-state index contributed by atoms with van der Waals surface area (Å²) in [5.74, 6) is 0. The van der Waals surface area contributed by atoms with Crippen LogP contribution in [0, 0.1) is 29.2 Å². The van der Waals surface area contributed by atoms with Crippen LogP contribution in [0.1, 0.15) is 11.1 Å². The first-order chi connectivity index (χ1) is 33.6. The number of pyridine rings is 1. The van der Waals surface area contributed by atoms with E-state index in [1.54, 1.807) is 0 Å². The maximum absolute atomic E-state index is 11.7. The van der Waals surface area contributed by atoms with Gasteiger partial charge in [-0.05, 0) is 100 Å². The molecule has 68 heavy (non-hydrogen) atoms. The van der Waals surface area contributed by atoms with Crippen LogP contribution in [0.3, 0.4) is 0 Å². The number of nitriles is 2. The number of hydrogen-bond donors (Lipinski definition) is 0. The van der Waals surface area contributed by atoms with E-state index in [-0.39, 0.29) is 0 Å². The number of para-hydroxylation sites is 3. The highest BCUT2D eigenvalue weighted by Crippen LogP contribution is 2.43. The highest BCUT2D eigenvalue weighted by molar-refractivity contribution is 6.13. The SMILES string of the molecule is [C-]#[N+]c1ccccc1-c1ccc2c(c1)c1ccccc1n2-c1cc(-c2cc(-c3ccccc3)nc(-c3ccccc3)c2)cc(-n2c3ccccc3c3cc(-c4ccccc4C#N)ccc32)c1C#N. The van der Waals surface area contributed by atoms with Crippen molar-refractivity contribution in [2.75, 3.05) is 0 Å². The number of rotatable bonds is 7. The van der Waals surface area contributed by atoms with E-state index in [9.17, 15) is 10.5 Å². The molecular formula is C62H36N6. The average molecular weight is 865 g/mol. The highest BCUT2D eigenvalue weighted by atomic mass is 15.0. The molecule has 0 spiro atoms. The number of benzene rings is 9. The molecular weight excluding hydrogens is 829 g/mol. The Labute approximate surface area is 392 Å². The number of fused-ring (bicyclic) bond motifs is 6. The molecule has 3 heterocycles. The zero-order valence-corrected chi connectivity index (χ0v) is 36.5. The van der Waals surface area contributed by atoms with Crippen molar-refractivity contribution in [2.24, 2.45) is 0 Å². The molecule has 0 saturated carbocycles. The van der Waals surface area contributed by atoms with Crippen LogP contribution in [0.4, 0.5) is 5.69 Å². The fraction of sp³-hybridized carbons (Fsp3) is 0. The molecule has 0 amide bonds. The lowest BCUT2D eigenvalue weighted by Gasteiger charge is -2.19. The quantitative estimate of drug-likeness (QED) is 0.150. The van der Waals surface area contributed by atoms with E-state index in [1.807, 2.05) is 109 Å². The van der Waals surface area contributed by atoms with Gasteiger partial charge in [-0.15, -0.1) is 0 Å². The lowest BCUT2D eigenvalue weighted by molar-refractivity contribution is 1.12. The van der Waals surface area contributed by atoms with Crippen LogP contribution in [0.25, 0.3) is 116 Å². The Morgan fingerprint density at radius 3 is 1.38 bits per heavy atom. The van der Waals surface area contributed by atoms with Crippen molar-refractivity contribution in [3.8, 4) is 79.4 Å². The minimum absolute atomic E-state index is 0.501. The zero-order chi connectivity index (χ0) is 45.7. The summed E-state index contributed by atoms with van der Waals surface area (Å²) < 4.78 is 4.45. The molecule has 0 radical (unpaired) electrons. The summed E-state index contributed by atoms with van der Waals surface area (Å²) in [7, 11) is 0. The third-order valence-corrected chi connectivity index (χ3v) is 13.0. The largest absolute Gasteiger partial charge is 0.308 e. The maximum atomic E-state index is 11.7. The average Bonchev–Trinajstić information content (AvgIpc) is 3.92. The third kappa shape index (κ3) is 6.51. The van der Waals surface area contributed by atoms with Crippen molar-refractivity contribution in [1.29, 1.82) is 10.5 Å². The van der Waals surface area contributed by atoms with Gasteiger partial charge in [-0.2, -0.15) is 10.5 Å². The fourth-order valence-electron chi connectivity index (χ4n) is 9.90. The van der Waals surface area contributed by atoms with Crippen LogP contribution in [0.15, 0.2) is 218 Å². The molecule has 6 heteroatoms. The standard InChI is InChI=1S/C62H36N6/c1-65-54-25-13-10-22-48(54)43-29-31-60-52(33-43)50-24-12-15-27-58(50)68(60)62-37-46(45-34-55(40-16-4-2-5-17-40)66-56(35-45)41-18-6-3-7-19-41)36-61(53(62)39-64)67-57-26-14-11-23-49(57)51-32-42(28-30-59(51)67)47-21-9-8-20-44(47)38-63/h2-37H. The maximum Gasteiger partial charge on any atom is 0.194 e. The molecule has 0 N–H and O–H groups in total. The van der Waals surface area contributed by atoms with Gasteiger partial charge in [0.25, 0.3) is 0 Å². The molecule has 0 atom stereocenters. The Hall–Kier alpha value is -9.80. The Bertz CT molecular complexity index is 3870. The molecule has 6 nitrogen and oxygen atoms in total. The van der Waals surface area contributed by atoms with Crippen molar-refractivity contribution in [2.45, 2.75) is 0 Å². The lowest BCUT2D eigenvalue weighted by Crippen LogP contribution is -2.05. The molecule has 9 aromatic carbocycles. The molecule has 12 aromatic rings. The van der Waals surface area contributed by atoms with Crippen LogP contribution in [-0.4, -0.2) is 14.1 Å². The monoisotopic (exact) mass is 864 g/mol. The molecule has 3 aromatic heterocycles. The van der Waals surface area contributed by atoms with Crippen molar-refractivity contribution in [1.82, 2.24) is 14.1 Å². The Kier molecular flexibility index (Phi) is 9.55. The molecule has 0 aliphatic carbocycles. The first kappa shape index (κ1) is 39.8. The van der Waals surface area contributed by atoms with Crippen LogP contribution >= 0.6 is 0 Å². The van der Waals surface area contributed by atoms with Crippen LogP contribution < -0.4 is 0 Å². The normalized spacial score (nSPS) is 11.2. The molecule has 0 aliphatic rings. The number of nitrogens with zero attached hydrogens (tertiary/aromatic N) is 6. The first-order valence-corrected chi connectivity index (χ1v) is 22.3. The van der Waals surface area contributed by atoms with Crippen molar-refractivity contribution in [3.63, 3.8) is 0 Å². The predicted molar refractivity (Wildman–Crippen MR) is 276 cm³/mol. The summed E-state index contributed by atoms with van der Waals surface area (Å²) in [6.07, 6.45) is 0. The zero-order valence-electron chi connectivity index (χ0n) is 36.5. The van der Waals surface area contributed by atoms with E-state index in [2.05, 4.69) is 135 Å². The molecule has 0 fully saturated rings. The van der Waals surface area contributed by atoms with E-state index in [0.29, 0.717) is 16.8 Å². The van der Waals surface area contributed by atoms with E-state index in [4.69, 9.17) is 11.6 Å². The second-order valence-corrected chi connectivity index (χ2v) is 16.8. The summed E-state index contributed by atoms with van der Waals surface area (Å²) in [6, 6.07) is 79.0. The molecule has 0 aliphatic heterocycles. The molecule has 12 rings (SSSR count). The van der Waals surface area contributed by atoms with Gasteiger partial charge in [-0.25, -0.2) is 9.83 Å². The van der Waals surface area contributed by atoms with Crippen molar-refractivity contribution >= 4 is 49.3 Å². The van der Waals surface area contributed by atoms with E-state index in [0.717, 1.165) is 111 Å². The van der Waals surface area contributed by atoms with Gasteiger partial charge in [0.1, 0.15) is 11.6 Å². The Morgan fingerprint density at radius 2 is 0.838 bits per heavy atom. The number of aromatic nitrogens is 3. The predicted octanol–water partition coefficient (Wildman–Crippen LogP) is 15.9. The number of hydrogen-bond acceptors (Lipinski definition) is 3. The molecule has 0 bridgehead atoms. The van der Waals surface area contributed by atoms with Gasteiger partial charge in [0, 0.05) is 32.7 Å². The summed E-state index contributed by atoms with van der Waals surface area (Å²) in [5, 5.41) is 25.8. The smallest absolute Gasteiger partial charge is 0.194 e. The van der Waals surface area contributed by atoms with Crippen molar-refractivity contribution < 1.29 is 0 Å². The van der Waals surface area contributed by atoms with Gasteiger partial charge < -0.3 is 9.13 Å². The molecule has 0 unspecified atom stereocenters. The summed E-state index contributed by atoms with van der Waals surface area (Å²) in [4.78, 5) is 9.08. The van der Waals surface area contributed by atoms with Gasteiger partial charge in [0.15, 0.2) is 5.69 Å². The van der Waals surface area contributed by atoms with E-state index >= 15 is 0 Å². The van der Waals surface area contributed by atoms with Gasteiger partial charge in [0.05, 0.1) is 63.0 Å². The minimum atomic E-state index is 0.501. The lowest BCUT2D eigenvalue weighted by atomic mass is 9.97. The summed E-state index contributed by atoms with van der Waals surface area (Å²) >= 11 is 0. The highest BCUT2D eigenvalue weighted by Gasteiger charge is 2.24. The van der Waals surface area contributed by atoms with E-state index < -0.39 is 0 Å². The summed E-state index contributed by atoms with van der Waals surface area (Å²) in [6.45, 7) is 7.92. The van der Waals surface area contributed by atoms with Gasteiger partial charge in [0.2, 0.25) is 0 Å². The van der Waals surface area contributed by atoms with E-state index in [1.165, 1.54) is 0 Å². The Morgan fingerprint density at radius 1 is 0.382 bits per heavy atom. The van der Waals surface area contributed by atoms with Crippen LogP contribution in [-0.2, 0) is 0 Å². The fourth-order valence-corrected chi connectivity index (χ4v) is 9.90. The summed E-state index contributed by atoms with van der Waals surface area (Å²) in [5.41, 5.74) is 16.0. The second kappa shape index (κ2) is 16.3. The third-order valence-electron chi connectivity index (χ3n) is 13.0. The van der Waals surface area contributed by atoms with Gasteiger partial charge in [-0.1, -0.05) is 152 Å².